The number of ether oxygens (including phenoxy) is 2. The topological polar surface area (TPSA) is 59.0 Å². The molecule has 2 saturated heterocycles. The summed E-state index contributed by atoms with van der Waals surface area (Å²) in [6.45, 7) is 9.02. The second-order valence-corrected chi connectivity index (χ2v) is 7.11. The van der Waals surface area contributed by atoms with Gasteiger partial charge in [0.25, 0.3) is 0 Å². The molecule has 2 fully saturated rings. The standard InChI is InChI=1S/C17H28N4O2S.HI/c1-3-16-20-13(12-24-16)10-19-17(18-4-2)21-7-9-23-15(11-21)14-6-5-8-22-14;/h12,14-15H,3-11H2,1-2H3,(H,18,19);1H. The van der Waals surface area contributed by atoms with Gasteiger partial charge in [-0.25, -0.2) is 9.98 Å². The van der Waals surface area contributed by atoms with Crippen LogP contribution in [0.3, 0.4) is 0 Å². The van der Waals surface area contributed by atoms with Gasteiger partial charge in [-0.2, -0.15) is 0 Å². The minimum Gasteiger partial charge on any atom is -0.375 e. The second kappa shape index (κ2) is 10.6. The van der Waals surface area contributed by atoms with Crippen LogP contribution >= 0.6 is 35.3 Å². The van der Waals surface area contributed by atoms with Crippen LogP contribution in [0.15, 0.2) is 10.4 Å². The minimum absolute atomic E-state index is 0. The van der Waals surface area contributed by atoms with Gasteiger partial charge in [-0.05, 0) is 26.2 Å². The highest BCUT2D eigenvalue weighted by atomic mass is 127. The lowest BCUT2D eigenvalue weighted by molar-refractivity contribution is -0.0817. The molecule has 0 bridgehead atoms. The van der Waals surface area contributed by atoms with E-state index in [9.17, 15) is 0 Å². The van der Waals surface area contributed by atoms with Crippen LogP contribution in [0.5, 0.6) is 0 Å². The van der Waals surface area contributed by atoms with E-state index in [-0.39, 0.29) is 36.2 Å². The summed E-state index contributed by atoms with van der Waals surface area (Å²) in [5, 5.41) is 6.70. The maximum Gasteiger partial charge on any atom is 0.194 e. The number of nitrogens with one attached hydrogen (secondary N) is 1. The SMILES string of the molecule is CCNC(=NCc1csc(CC)n1)N1CCOC(C2CCCO2)C1.I. The highest BCUT2D eigenvalue weighted by Gasteiger charge is 2.32. The van der Waals surface area contributed by atoms with Crippen LogP contribution < -0.4 is 5.32 Å². The van der Waals surface area contributed by atoms with Gasteiger partial charge in [0.05, 0.1) is 30.0 Å². The number of hydrogen-bond donors (Lipinski definition) is 1. The van der Waals surface area contributed by atoms with Crippen molar-refractivity contribution in [3.63, 3.8) is 0 Å². The molecule has 1 aromatic heterocycles. The molecule has 0 aromatic carbocycles. The summed E-state index contributed by atoms with van der Waals surface area (Å²) in [6.07, 6.45) is 3.62. The quantitative estimate of drug-likeness (QED) is 0.399. The Balaban J connectivity index is 0.00000225. The maximum absolute atomic E-state index is 5.94. The van der Waals surface area contributed by atoms with Crippen molar-refractivity contribution in [3.8, 4) is 0 Å². The van der Waals surface area contributed by atoms with Gasteiger partial charge in [-0.3, -0.25) is 0 Å². The number of hydrogen-bond acceptors (Lipinski definition) is 5. The van der Waals surface area contributed by atoms with E-state index in [0.717, 1.165) is 63.8 Å². The fourth-order valence-electron chi connectivity index (χ4n) is 3.15. The number of aliphatic imine (C=N–C) groups is 1. The molecule has 142 valence electrons. The van der Waals surface area contributed by atoms with E-state index in [0.29, 0.717) is 6.54 Å². The molecular weight excluding hydrogens is 451 g/mol. The molecule has 2 unspecified atom stereocenters. The van der Waals surface area contributed by atoms with Gasteiger partial charge in [0.15, 0.2) is 5.96 Å². The zero-order valence-electron chi connectivity index (χ0n) is 15.1. The van der Waals surface area contributed by atoms with Crippen molar-refractivity contribution >= 4 is 41.3 Å². The Bertz CT molecular complexity index is 549. The van der Waals surface area contributed by atoms with Gasteiger partial charge in [-0.15, -0.1) is 35.3 Å². The summed E-state index contributed by atoms with van der Waals surface area (Å²) in [5.41, 5.74) is 1.05. The average Bonchev–Trinajstić information content (AvgIpc) is 3.30. The van der Waals surface area contributed by atoms with E-state index >= 15 is 0 Å². The number of nitrogens with zero attached hydrogens (tertiary/aromatic N) is 3. The Morgan fingerprint density at radius 3 is 2.88 bits per heavy atom. The molecule has 0 aliphatic carbocycles. The normalized spacial score (nSPS) is 24.2. The second-order valence-electron chi connectivity index (χ2n) is 6.16. The largest absolute Gasteiger partial charge is 0.375 e. The first-order chi connectivity index (χ1) is 11.8. The third-order valence-corrected chi connectivity index (χ3v) is 5.44. The van der Waals surface area contributed by atoms with Gasteiger partial charge in [0, 0.05) is 31.6 Å². The van der Waals surface area contributed by atoms with Crippen molar-refractivity contribution in [1.29, 1.82) is 0 Å². The van der Waals surface area contributed by atoms with E-state index in [2.05, 4.69) is 34.4 Å². The van der Waals surface area contributed by atoms with Crippen LogP contribution in [0.1, 0.15) is 37.4 Å². The molecule has 3 rings (SSSR count). The van der Waals surface area contributed by atoms with Crippen molar-refractivity contribution < 1.29 is 9.47 Å². The fraction of sp³-hybridized carbons (Fsp3) is 0.765. The molecule has 0 saturated carbocycles. The number of aryl methyl sites for hydroxylation is 1. The Morgan fingerprint density at radius 2 is 2.20 bits per heavy atom. The Labute approximate surface area is 171 Å². The summed E-state index contributed by atoms with van der Waals surface area (Å²) >= 11 is 1.72. The number of guanidine groups is 1. The molecule has 3 heterocycles. The Morgan fingerprint density at radius 1 is 1.36 bits per heavy atom. The molecule has 0 spiro atoms. The van der Waals surface area contributed by atoms with E-state index in [4.69, 9.17) is 14.5 Å². The number of morpholine rings is 1. The lowest BCUT2D eigenvalue weighted by Crippen LogP contribution is -2.53. The average molecular weight is 480 g/mol. The molecule has 8 heteroatoms. The molecule has 1 N–H and O–H groups in total. The van der Waals surface area contributed by atoms with E-state index in [1.165, 1.54) is 5.01 Å². The van der Waals surface area contributed by atoms with Crippen molar-refractivity contribution in [3.05, 3.63) is 16.1 Å². The van der Waals surface area contributed by atoms with Crippen LogP contribution in [-0.4, -0.2) is 60.9 Å². The zero-order chi connectivity index (χ0) is 16.8. The van der Waals surface area contributed by atoms with Crippen LogP contribution in [0, 0.1) is 0 Å². The van der Waals surface area contributed by atoms with Gasteiger partial charge in [0.1, 0.15) is 6.10 Å². The molecule has 6 nitrogen and oxygen atoms in total. The van der Waals surface area contributed by atoms with Gasteiger partial charge >= 0.3 is 0 Å². The van der Waals surface area contributed by atoms with Crippen LogP contribution in [0.2, 0.25) is 0 Å². The number of rotatable bonds is 5. The third-order valence-electron chi connectivity index (χ3n) is 4.40. The molecule has 0 amide bonds. The molecular formula is C17H29IN4O2S. The van der Waals surface area contributed by atoms with E-state index in [1.807, 2.05) is 0 Å². The first-order valence-corrected chi connectivity index (χ1v) is 9.87. The predicted octanol–water partition coefficient (Wildman–Crippen LogP) is 2.67. The highest BCUT2D eigenvalue weighted by Crippen LogP contribution is 2.21. The Kier molecular flexibility index (Phi) is 8.88. The lowest BCUT2D eigenvalue weighted by Gasteiger charge is -2.37. The fourth-order valence-corrected chi connectivity index (χ4v) is 3.89. The number of thiazole rings is 1. The summed E-state index contributed by atoms with van der Waals surface area (Å²) in [6, 6.07) is 0. The molecule has 0 radical (unpaired) electrons. The van der Waals surface area contributed by atoms with Crippen LogP contribution in [0.25, 0.3) is 0 Å². The van der Waals surface area contributed by atoms with Crippen molar-refractivity contribution in [1.82, 2.24) is 15.2 Å². The summed E-state index contributed by atoms with van der Waals surface area (Å²) in [5.74, 6) is 0.954. The predicted molar refractivity (Wildman–Crippen MR) is 112 cm³/mol. The lowest BCUT2D eigenvalue weighted by atomic mass is 10.1. The zero-order valence-corrected chi connectivity index (χ0v) is 18.2. The summed E-state index contributed by atoms with van der Waals surface area (Å²) < 4.78 is 11.7. The highest BCUT2D eigenvalue weighted by molar-refractivity contribution is 14.0. The van der Waals surface area contributed by atoms with Crippen molar-refractivity contribution in [2.24, 2.45) is 4.99 Å². The maximum atomic E-state index is 5.94. The molecule has 2 aliphatic rings. The first kappa shape index (κ1) is 20.9. The van der Waals surface area contributed by atoms with Crippen LogP contribution in [-0.2, 0) is 22.4 Å². The summed E-state index contributed by atoms with van der Waals surface area (Å²) in [4.78, 5) is 11.7. The molecule has 1 aromatic rings. The molecule has 2 aliphatic heterocycles. The monoisotopic (exact) mass is 480 g/mol. The summed E-state index contributed by atoms with van der Waals surface area (Å²) in [7, 11) is 0. The minimum atomic E-state index is 0. The van der Waals surface area contributed by atoms with Crippen molar-refractivity contribution in [2.75, 3.05) is 32.8 Å². The molecule has 2 atom stereocenters. The third kappa shape index (κ3) is 5.77. The smallest absolute Gasteiger partial charge is 0.194 e. The van der Waals surface area contributed by atoms with Crippen LogP contribution in [0.4, 0.5) is 0 Å². The van der Waals surface area contributed by atoms with E-state index < -0.39 is 0 Å². The van der Waals surface area contributed by atoms with Gasteiger partial charge in [0.2, 0.25) is 0 Å². The molecule has 25 heavy (non-hydrogen) atoms. The van der Waals surface area contributed by atoms with Gasteiger partial charge < -0.3 is 19.7 Å². The van der Waals surface area contributed by atoms with Crippen molar-refractivity contribution in [2.45, 2.75) is 51.9 Å². The van der Waals surface area contributed by atoms with Gasteiger partial charge in [-0.1, -0.05) is 6.92 Å². The number of halogens is 1. The van der Waals surface area contributed by atoms with E-state index in [1.54, 1.807) is 11.3 Å². The Hall–Kier alpha value is -0.450. The number of aromatic nitrogens is 1. The first-order valence-electron chi connectivity index (χ1n) is 9.00.